The summed E-state index contributed by atoms with van der Waals surface area (Å²) in [7, 11) is 4.21. The van der Waals surface area contributed by atoms with E-state index in [1.165, 1.54) is 10.5 Å². The van der Waals surface area contributed by atoms with Crippen LogP contribution < -0.4 is 10.2 Å². The van der Waals surface area contributed by atoms with Crippen molar-refractivity contribution in [1.82, 2.24) is 5.32 Å². The molecule has 4 heteroatoms. The number of benzene rings is 3. The molecule has 0 spiro atoms. The fourth-order valence-corrected chi connectivity index (χ4v) is 3.30. The molecule has 3 aromatic carbocycles. The third-order valence-corrected chi connectivity index (χ3v) is 4.79. The Balaban J connectivity index is 1.53. The van der Waals surface area contributed by atoms with Crippen molar-refractivity contribution in [3.63, 3.8) is 0 Å². The molecule has 3 rings (SSSR count). The Hall–Kier alpha value is -2.98. The molecular weight excluding hydrogens is 348 g/mol. The molecule has 0 unspecified atom stereocenters. The van der Waals surface area contributed by atoms with Crippen LogP contribution in [0, 0.1) is 0 Å². The van der Waals surface area contributed by atoms with Gasteiger partial charge in [0, 0.05) is 30.5 Å². The molecule has 0 saturated carbocycles. The van der Waals surface area contributed by atoms with Crippen molar-refractivity contribution >= 4 is 22.5 Å². The number of fused-ring (bicyclic) bond motifs is 1. The third kappa shape index (κ3) is 5.27. The van der Waals surface area contributed by atoms with Gasteiger partial charge in [-0.05, 0) is 22.4 Å². The molecule has 3 aromatic rings. The van der Waals surface area contributed by atoms with Crippen LogP contribution in [0.1, 0.15) is 34.3 Å². The molecule has 1 amide bonds. The van der Waals surface area contributed by atoms with Gasteiger partial charge in [-0.3, -0.25) is 9.59 Å². The number of quaternary nitrogens is 1. The van der Waals surface area contributed by atoms with Crippen LogP contribution in [-0.4, -0.2) is 25.8 Å². The molecule has 2 N–H and O–H groups in total. The zero-order valence-electron chi connectivity index (χ0n) is 16.5. The Labute approximate surface area is 166 Å². The number of rotatable bonds is 8. The summed E-state index contributed by atoms with van der Waals surface area (Å²) in [6.07, 6.45) is 0.417. The van der Waals surface area contributed by atoms with E-state index >= 15 is 0 Å². The van der Waals surface area contributed by atoms with Crippen LogP contribution in [-0.2, 0) is 17.9 Å². The van der Waals surface area contributed by atoms with Crippen LogP contribution in [0.25, 0.3) is 10.8 Å². The lowest BCUT2D eigenvalue weighted by atomic mass is 10.0. The second-order valence-corrected chi connectivity index (χ2v) is 7.41. The van der Waals surface area contributed by atoms with Gasteiger partial charge in [0.15, 0.2) is 5.78 Å². The van der Waals surface area contributed by atoms with Crippen molar-refractivity contribution in [2.24, 2.45) is 0 Å². The van der Waals surface area contributed by atoms with Crippen LogP contribution >= 0.6 is 0 Å². The number of carbonyl (C=O) groups excluding carboxylic acids is 2. The zero-order valence-corrected chi connectivity index (χ0v) is 16.5. The number of Topliss-reactive ketones (excluding diaryl/α,β-unsaturated/α-hetero) is 1. The molecule has 0 saturated heterocycles. The van der Waals surface area contributed by atoms with Crippen molar-refractivity contribution in [3.05, 3.63) is 83.4 Å². The van der Waals surface area contributed by atoms with E-state index in [0.29, 0.717) is 12.1 Å². The lowest BCUT2D eigenvalue weighted by Crippen LogP contribution is -3.04. The summed E-state index contributed by atoms with van der Waals surface area (Å²) in [5.74, 6) is -0.0985. The van der Waals surface area contributed by atoms with Gasteiger partial charge in [-0.2, -0.15) is 0 Å². The zero-order chi connectivity index (χ0) is 19.9. The van der Waals surface area contributed by atoms with Gasteiger partial charge in [-0.15, -0.1) is 0 Å². The van der Waals surface area contributed by atoms with Gasteiger partial charge in [0.25, 0.3) is 0 Å². The fraction of sp³-hybridized carbons (Fsp3) is 0.250. The van der Waals surface area contributed by atoms with E-state index in [1.54, 1.807) is 0 Å². The topological polar surface area (TPSA) is 50.6 Å². The molecule has 0 aromatic heterocycles. The minimum absolute atomic E-state index is 0.00230. The second kappa shape index (κ2) is 9.29. The standard InChI is InChI=1S/C24H26N2O2/c1-26(2)17-22-10-6-5-9-21(22)16-25-24(28)14-13-23(27)20-12-11-18-7-3-4-8-19(18)15-20/h3-12,15H,13-14,16-17H2,1-2H3,(H,25,28)/p+1. The first-order chi connectivity index (χ1) is 13.5. The lowest BCUT2D eigenvalue weighted by Gasteiger charge is -2.13. The average molecular weight is 375 g/mol. The van der Waals surface area contributed by atoms with Gasteiger partial charge < -0.3 is 10.2 Å². The van der Waals surface area contributed by atoms with E-state index in [1.807, 2.05) is 60.7 Å². The molecule has 28 heavy (non-hydrogen) atoms. The molecule has 0 radical (unpaired) electrons. The van der Waals surface area contributed by atoms with Gasteiger partial charge in [0.1, 0.15) is 6.54 Å². The molecule has 0 heterocycles. The highest BCUT2D eigenvalue weighted by atomic mass is 16.2. The van der Waals surface area contributed by atoms with Crippen LogP contribution in [0.15, 0.2) is 66.7 Å². The minimum Gasteiger partial charge on any atom is -0.352 e. The maximum atomic E-state index is 12.5. The normalized spacial score (nSPS) is 11.0. The molecule has 4 nitrogen and oxygen atoms in total. The molecular formula is C24H27N2O2+. The molecule has 0 aliphatic carbocycles. The Morgan fingerprint density at radius 3 is 2.25 bits per heavy atom. The van der Waals surface area contributed by atoms with Crippen LogP contribution in [0.2, 0.25) is 0 Å². The summed E-state index contributed by atoms with van der Waals surface area (Å²) in [6, 6.07) is 21.8. The Kier molecular flexibility index (Phi) is 6.56. The Bertz CT molecular complexity index is 979. The van der Waals surface area contributed by atoms with Gasteiger partial charge in [0.2, 0.25) is 5.91 Å². The summed E-state index contributed by atoms with van der Waals surface area (Å²) >= 11 is 0. The predicted octanol–water partition coefficient (Wildman–Crippen LogP) is 2.76. The van der Waals surface area contributed by atoms with E-state index in [0.717, 1.165) is 22.9 Å². The maximum absolute atomic E-state index is 12.5. The number of hydrogen-bond acceptors (Lipinski definition) is 2. The van der Waals surface area contributed by atoms with Crippen LogP contribution in [0.4, 0.5) is 0 Å². The van der Waals surface area contributed by atoms with Crippen molar-refractivity contribution in [3.8, 4) is 0 Å². The molecule has 0 bridgehead atoms. The third-order valence-electron chi connectivity index (χ3n) is 4.79. The van der Waals surface area contributed by atoms with E-state index in [4.69, 9.17) is 0 Å². The minimum atomic E-state index is -0.0962. The Morgan fingerprint density at radius 1 is 0.821 bits per heavy atom. The van der Waals surface area contributed by atoms with Crippen molar-refractivity contribution < 1.29 is 14.5 Å². The quantitative estimate of drug-likeness (QED) is 0.595. The monoisotopic (exact) mass is 375 g/mol. The fourth-order valence-electron chi connectivity index (χ4n) is 3.30. The largest absolute Gasteiger partial charge is 0.352 e. The first kappa shape index (κ1) is 19.8. The molecule has 0 aliphatic rings. The number of hydrogen-bond donors (Lipinski definition) is 2. The van der Waals surface area contributed by atoms with Crippen molar-refractivity contribution in [1.29, 1.82) is 0 Å². The molecule has 0 atom stereocenters. The molecule has 144 valence electrons. The van der Waals surface area contributed by atoms with Crippen molar-refractivity contribution in [2.75, 3.05) is 14.1 Å². The maximum Gasteiger partial charge on any atom is 0.220 e. The Morgan fingerprint density at radius 2 is 1.50 bits per heavy atom. The summed E-state index contributed by atoms with van der Waals surface area (Å²) in [4.78, 5) is 26.0. The summed E-state index contributed by atoms with van der Waals surface area (Å²) in [5.41, 5.74) is 3.01. The van der Waals surface area contributed by atoms with E-state index in [-0.39, 0.29) is 24.5 Å². The molecule has 0 fully saturated rings. The first-order valence-corrected chi connectivity index (χ1v) is 9.67. The predicted molar refractivity (Wildman–Crippen MR) is 112 cm³/mol. The van der Waals surface area contributed by atoms with E-state index < -0.39 is 0 Å². The summed E-state index contributed by atoms with van der Waals surface area (Å²) in [5, 5.41) is 5.09. The summed E-state index contributed by atoms with van der Waals surface area (Å²) in [6.45, 7) is 1.40. The van der Waals surface area contributed by atoms with Crippen molar-refractivity contribution in [2.45, 2.75) is 25.9 Å². The van der Waals surface area contributed by atoms with E-state index in [2.05, 4.69) is 25.5 Å². The van der Waals surface area contributed by atoms with E-state index in [9.17, 15) is 9.59 Å². The highest BCUT2D eigenvalue weighted by Crippen LogP contribution is 2.17. The number of nitrogens with one attached hydrogen (secondary N) is 2. The molecule has 0 aliphatic heterocycles. The highest BCUT2D eigenvalue weighted by molar-refractivity contribution is 6.01. The van der Waals surface area contributed by atoms with Gasteiger partial charge in [0.05, 0.1) is 14.1 Å². The van der Waals surface area contributed by atoms with Crippen LogP contribution in [0.5, 0.6) is 0 Å². The van der Waals surface area contributed by atoms with Gasteiger partial charge in [-0.1, -0.05) is 60.7 Å². The highest BCUT2D eigenvalue weighted by Gasteiger charge is 2.11. The van der Waals surface area contributed by atoms with Crippen LogP contribution in [0.3, 0.4) is 0 Å². The SMILES string of the molecule is C[NH+](C)Cc1ccccc1CNC(=O)CCC(=O)c1ccc2ccccc2c1. The van der Waals surface area contributed by atoms with Gasteiger partial charge in [-0.25, -0.2) is 0 Å². The number of carbonyl (C=O) groups is 2. The second-order valence-electron chi connectivity index (χ2n) is 7.41. The number of ketones is 1. The average Bonchev–Trinajstić information content (AvgIpc) is 2.70. The lowest BCUT2D eigenvalue weighted by molar-refractivity contribution is -0.872. The smallest absolute Gasteiger partial charge is 0.220 e. The van der Waals surface area contributed by atoms with Gasteiger partial charge >= 0.3 is 0 Å². The summed E-state index contributed by atoms with van der Waals surface area (Å²) < 4.78 is 0. The first-order valence-electron chi connectivity index (χ1n) is 9.67. The number of amides is 1.